The molecular formula is C14H21N3O4. The molecule has 1 atom stereocenters. The van der Waals surface area contributed by atoms with Crippen LogP contribution in [0.5, 0.6) is 0 Å². The molecule has 1 amide bonds. The molecule has 1 saturated heterocycles. The normalized spacial score (nSPS) is 18.2. The Morgan fingerprint density at radius 1 is 1.57 bits per heavy atom. The van der Waals surface area contributed by atoms with Gasteiger partial charge in [-0.15, -0.1) is 0 Å². The summed E-state index contributed by atoms with van der Waals surface area (Å²) in [7, 11) is 0. The van der Waals surface area contributed by atoms with Crippen LogP contribution in [0.2, 0.25) is 0 Å². The number of rotatable bonds is 6. The summed E-state index contributed by atoms with van der Waals surface area (Å²) in [5.41, 5.74) is 0.325. The summed E-state index contributed by atoms with van der Waals surface area (Å²) in [6.07, 6.45) is 4.73. The van der Waals surface area contributed by atoms with Crippen LogP contribution in [0.3, 0.4) is 0 Å². The first-order chi connectivity index (χ1) is 10.1. The van der Waals surface area contributed by atoms with Gasteiger partial charge in [0.2, 0.25) is 0 Å². The van der Waals surface area contributed by atoms with E-state index in [1.807, 2.05) is 6.92 Å². The van der Waals surface area contributed by atoms with Crippen LogP contribution < -0.4 is 0 Å². The van der Waals surface area contributed by atoms with E-state index in [4.69, 9.17) is 5.11 Å². The van der Waals surface area contributed by atoms with Gasteiger partial charge in [-0.1, -0.05) is 0 Å². The number of carbonyl (C=O) groups excluding carboxylic acids is 1. The first-order valence-electron chi connectivity index (χ1n) is 7.34. The summed E-state index contributed by atoms with van der Waals surface area (Å²) in [5, 5.41) is 19.8. The lowest BCUT2D eigenvalue weighted by Gasteiger charge is -2.24. The van der Waals surface area contributed by atoms with Crippen molar-refractivity contribution in [3.8, 4) is 0 Å². The number of amides is 1. The summed E-state index contributed by atoms with van der Waals surface area (Å²) >= 11 is 0. The highest BCUT2D eigenvalue weighted by Crippen LogP contribution is 2.25. The summed E-state index contributed by atoms with van der Waals surface area (Å²) in [6, 6.07) is 1.48. The molecule has 1 fully saturated rings. The number of hydrogen-bond donors (Lipinski definition) is 1. The predicted octanol–water partition coefficient (Wildman–Crippen LogP) is 1.79. The second-order valence-corrected chi connectivity index (χ2v) is 5.29. The zero-order valence-corrected chi connectivity index (χ0v) is 12.2. The van der Waals surface area contributed by atoms with Crippen molar-refractivity contribution in [2.45, 2.75) is 45.2 Å². The van der Waals surface area contributed by atoms with Gasteiger partial charge in [0.15, 0.2) is 0 Å². The van der Waals surface area contributed by atoms with Crippen LogP contribution in [0.25, 0.3) is 0 Å². The smallest absolute Gasteiger partial charge is 0.287 e. The number of aryl methyl sites for hydroxylation is 1. The van der Waals surface area contributed by atoms with Crippen molar-refractivity contribution in [1.82, 2.24) is 9.47 Å². The maximum Gasteiger partial charge on any atom is 0.287 e. The number of aliphatic hydroxyl groups is 1. The molecule has 1 N–H and O–H groups in total. The molecule has 2 rings (SSSR count). The second-order valence-electron chi connectivity index (χ2n) is 5.29. The number of nitrogens with zero attached hydrogens (tertiary/aromatic N) is 3. The average Bonchev–Trinajstić information content (AvgIpc) is 3.10. The molecule has 0 saturated carbocycles. The Hall–Kier alpha value is -1.89. The summed E-state index contributed by atoms with van der Waals surface area (Å²) < 4.78 is 1.63. The van der Waals surface area contributed by atoms with Crippen LogP contribution in [-0.4, -0.2) is 44.6 Å². The number of hydrogen-bond acceptors (Lipinski definition) is 4. The molecule has 21 heavy (non-hydrogen) atoms. The van der Waals surface area contributed by atoms with Crippen LogP contribution >= 0.6 is 0 Å². The maximum absolute atomic E-state index is 12.7. The molecule has 0 spiro atoms. The minimum Gasteiger partial charge on any atom is -0.396 e. The number of nitro groups is 1. The Balaban J connectivity index is 2.20. The third-order valence-electron chi connectivity index (χ3n) is 3.99. The van der Waals surface area contributed by atoms with Crippen LogP contribution in [-0.2, 0) is 6.54 Å². The monoisotopic (exact) mass is 295 g/mol. The molecule has 0 bridgehead atoms. The first-order valence-corrected chi connectivity index (χ1v) is 7.34. The fourth-order valence-electron chi connectivity index (χ4n) is 2.91. The molecule has 1 aromatic heterocycles. The van der Waals surface area contributed by atoms with E-state index in [2.05, 4.69) is 0 Å². The average molecular weight is 295 g/mol. The van der Waals surface area contributed by atoms with E-state index in [-0.39, 0.29) is 24.2 Å². The first kappa shape index (κ1) is 15.5. The van der Waals surface area contributed by atoms with E-state index in [1.54, 1.807) is 9.47 Å². The number of aliphatic hydroxyl groups excluding tert-OH is 1. The highest BCUT2D eigenvalue weighted by atomic mass is 16.6. The lowest BCUT2D eigenvalue weighted by atomic mass is 10.1. The molecule has 1 aliphatic heterocycles. The van der Waals surface area contributed by atoms with Gasteiger partial charge in [-0.25, -0.2) is 0 Å². The quantitative estimate of drug-likeness (QED) is 0.640. The van der Waals surface area contributed by atoms with Crippen molar-refractivity contribution >= 4 is 11.6 Å². The summed E-state index contributed by atoms with van der Waals surface area (Å²) in [5.74, 6) is -0.148. The third-order valence-corrected chi connectivity index (χ3v) is 3.99. The lowest BCUT2D eigenvalue weighted by Crippen LogP contribution is -2.36. The van der Waals surface area contributed by atoms with E-state index in [0.717, 1.165) is 19.3 Å². The molecule has 0 aliphatic carbocycles. The SMILES string of the molecule is CCn1cc([N+](=O)[O-])cc1C(=O)N1CCCC1CCCO. The molecule has 0 aromatic carbocycles. The van der Waals surface area contributed by atoms with Crippen molar-refractivity contribution < 1.29 is 14.8 Å². The van der Waals surface area contributed by atoms with E-state index in [1.165, 1.54) is 12.3 Å². The van der Waals surface area contributed by atoms with Gasteiger partial charge in [-0.3, -0.25) is 14.9 Å². The minimum atomic E-state index is -0.476. The predicted molar refractivity (Wildman–Crippen MR) is 77.1 cm³/mol. The van der Waals surface area contributed by atoms with Crippen molar-refractivity contribution in [2.75, 3.05) is 13.2 Å². The van der Waals surface area contributed by atoms with Crippen molar-refractivity contribution in [3.63, 3.8) is 0 Å². The van der Waals surface area contributed by atoms with Crippen molar-refractivity contribution in [2.24, 2.45) is 0 Å². The fraction of sp³-hybridized carbons (Fsp3) is 0.643. The van der Waals surface area contributed by atoms with Crippen LogP contribution in [0.15, 0.2) is 12.3 Å². The zero-order chi connectivity index (χ0) is 15.4. The fourth-order valence-corrected chi connectivity index (χ4v) is 2.91. The summed E-state index contributed by atoms with van der Waals surface area (Å²) in [6.45, 7) is 3.17. The molecule has 1 aromatic rings. The van der Waals surface area contributed by atoms with E-state index in [0.29, 0.717) is 25.2 Å². The standard InChI is InChI=1S/C14H21N3O4/c1-2-15-10-12(17(20)21)9-13(15)14(19)16-7-3-5-11(16)6-4-8-18/h9-11,18H,2-8H2,1H3. The molecule has 7 nitrogen and oxygen atoms in total. The van der Waals surface area contributed by atoms with Crippen molar-refractivity contribution in [3.05, 3.63) is 28.1 Å². The molecule has 1 aliphatic rings. The molecule has 2 heterocycles. The largest absolute Gasteiger partial charge is 0.396 e. The summed E-state index contributed by atoms with van der Waals surface area (Å²) in [4.78, 5) is 24.8. The Morgan fingerprint density at radius 2 is 2.33 bits per heavy atom. The van der Waals surface area contributed by atoms with Crippen LogP contribution in [0.4, 0.5) is 5.69 Å². The van der Waals surface area contributed by atoms with Crippen LogP contribution in [0, 0.1) is 10.1 Å². The van der Waals surface area contributed by atoms with E-state index in [9.17, 15) is 14.9 Å². The lowest BCUT2D eigenvalue weighted by molar-refractivity contribution is -0.384. The molecule has 116 valence electrons. The molecule has 1 unspecified atom stereocenters. The Morgan fingerprint density at radius 3 is 2.95 bits per heavy atom. The maximum atomic E-state index is 12.7. The topological polar surface area (TPSA) is 88.6 Å². The van der Waals surface area contributed by atoms with Crippen molar-refractivity contribution in [1.29, 1.82) is 0 Å². The minimum absolute atomic E-state index is 0.0497. The van der Waals surface area contributed by atoms with E-state index < -0.39 is 4.92 Å². The third kappa shape index (κ3) is 3.24. The molecule has 0 radical (unpaired) electrons. The zero-order valence-electron chi connectivity index (χ0n) is 12.2. The Kier molecular flexibility index (Phi) is 4.95. The highest BCUT2D eigenvalue weighted by Gasteiger charge is 2.31. The number of aromatic nitrogens is 1. The van der Waals surface area contributed by atoms with Gasteiger partial charge in [-0.05, 0) is 32.6 Å². The number of likely N-dealkylation sites (tertiary alicyclic amines) is 1. The second kappa shape index (κ2) is 6.71. The van der Waals surface area contributed by atoms with Crippen LogP contribution in [0.1, 0.15) is 43.1 Å². The van der Waals surface area contributed by atoms with Gasteiger partial charge in [-0.2, -0.15) is 0 Å². The molecule has 7 heteroatoms. The van der Waals surface area contributed by atoms with Gasteiger partial charge in [0.05, 0.1) is 11.1 Å². The van der Waals surface area contributed by atoms with Gasteiger partial charge in [0.1, 0.15) is 5.69 Å². The Labute approximate surface area is 123 Å². The van der Waals surface area contributed by atoms with Gasteiger partial charge < -0.3 is 14.6 Å². The Bertz CT molecular complexity index is 526. The highest BCUT2D eigenvalue weighted by molar-refractivity contribution is 5.94. The van der Waals surface area contributed by atoms with Gasteiger partial charge in [0, 0.05) is 31.8 Å². The van der Waals surface area contributed by atoms with Gasteiger partial charge >= 0.3 is 0 Å². The van der Waals surface area contributed by atoms with E-state index >= 15 is 0 Å². The number of carbonyl (C=O) groups is 1. The van der Waals surface area contributed by atoms with Gasteiger partial charge in [0.25, 0.3) is 11.6 Å². The molecular weight excluding hydrogens is 274 g/mol.